The minimum atomic E-state index is -0.146. The summed E-state index contributed by atoms with van der Waals surface area (Å²) in [6, 6.07) is 22.9. The molecular weight excluding hydrogens is 400 g/mol. The summed E-state index contributed by atoms with van der Waals surface area (Å²) in [7, 11) is 0. The number of nitrogens with one attached hydrogen (secondary N) is 2. The van der Waals surface area contributed by atoms with Crippen LogP contribution in [0.4, 0.5) is 5.69 Å². The van der Waals surface area contributed by atoms with E-state index < -0.39 is 0 Å². The summed E-state index contributed by atoms with van der Waals surface area (Å²) in [5, 5.41) is 8.13. The van der Waals surface area contributed by atoms with Crippen LogP contribution in [0.2, 0.25) is 0 Å². The first-order valence-corrected chi connectivity index (χ1v) is 10.5. The summed E-state index contributed by atoms with van der Waals surface area (Å²) in [5.41, 5.74) is 3.23. The number of hydrogen-bond acceptors (Lipinski definition) is 5. The Morgan fingerprint density at radius 3 is 2.69 bits per heavy atom. The van der Waals surface area contributed by atoms with Crippen LogP contribution in [0.1, 0.15) is 21.6 Å². The predicted octanol–water partition coefficient (Wildman–Crippen LogP) is 4.94. The standard InChI is InChI=1S/C26H22N4O2/c1-17-3-2-4-21(13-17)30-26(31)19-6-5-18-7-8-22(15-20(18)14-19)32-23-9-10-27-24(16-23)25-28-11-12-29-25/h2-10,13-16H,11-12H2,1H3,(H,28,29)(H,30,31). The van der Waals surface area contributed by atoms with Gasteiger partial charge in [-0.05, 0) is 65.7 Å². The summed E-state index contributed by atoms with van der Waals surface area (Å²) in [6.45, 7) is 3.58. The van der Waals surface area contributed by atoms with Crippen molar-refractivity contribution in [1.29, 1.82) is 0 Å². The third-order valence-electron chi connectivity index (χ3n) is 5.23. The van der Waals surface area contributed by atoms with Crippen molar-refractivity contribution >= 4 is 28.2 Å². The van der Waals surface area contributed by atoms with Gasteiger partial charge in [0.1, 0.15) is 23.0 Å². The van der Waals surface area contributed by atoms with Gasteiger partial charge in [-0.2, -0.15) is 0 Å². The molecule has 5 rings (SSSR count). The number of aryl methyl sites for hydroxylation is 1. The SMILES string of the molecule is Cc1cccc(NC(=O)c2ccc3ccc(Oc4ccnc(C5=NCCN5)c4)cc3c2)c1. The maximum atomic E-state index is 12.7. The van der Waals surface area contributed by atoms with Crippen molar-refractivity contribution in [3.8, 4) is 11.5 Å². The molecule has 1 aliphatic heterocycles. The van der Waals surface area contributed by atoms with Crippen molar-refractivity contribution in [2.75, 3.05) is 18.4 Å². The quantitative estimate of drug-likeness (QED) is 0.478. The van der Waals surface area contributed by atoms with E-state index in [1.54, 1.807) is 6.20 Å². The maximum Gasteiger partial charge on any atom is 0.255 e. The zero-order valence-electron chi connectivity index (χ0n) is 17.6. The van der Waals surface area contributed by atoms with Gasteiger partial charge in [0.15, 0.2) is 0 Å². The molecule has 0 bridgehead atoms. The van der Waals surface area contributed by atoms with E-state index in [1.807, 2.05) is 79.7 Å². The first-order chi connectivity index (χ1) is 15.6. The molecule has 0 saturated carbocycles. The molecule has 6 nitrogen and oxygen atoms in total. The lowest BCUT2D eigenvalue weighted by atomic mass is 10.1. The van der Waals surface area contributed by atoms with E-state index in [0.29, 0.717) is 17.1 Å². The molecule has 1 aromatic heterocycles. The number of amidine groups is 1. The van der Waals surface area contributed by atoms with Gasteiger partial charge in [0.2, 0.25) is 0 Å². The van der Waals surface area contributed by atoms with Gasteiger partial charge in [-0.25, -0.2) is 0 Å². The Morgan fingerprint density at radius 1 is 0.969 bits per heavy atom. The summed E-state index contributed by atoms with van der Waals surface area (Å²) in [4.78, 5) is 21.5. The zero-order valence-corrected chi connectivity index (χ0v) is 17.6. The van der Waals surface area contributed by atoms with E-state index in [0.717, 1.165) is 46.6 Å². The molecule has 0 aliphatic carbocycles. The lowest BCUT2D eigenvalue weighted by molar-refractivity contribution is 0.102. The van der Waals surface area contributed by atoms with Crippen LogP contribution in [-0.4, -0.2) is 29.8 Å². The lowest BCUT2D eigenvalue weighted by Gasteiger charge is -2.10. The van der Waals surface area contributed by atoms with Crippen molar-refractivity contribution in [3.63, 3.8) is 0 Å². The number of ether oxygens (including phenoxy) is 1. The molecule has 0 unspecified atom stereocenters. The van der Waals surface area contributed by atoms with Crippen molar-refractivity contribution in [3.05, 3.63) is 95.8 Å². The molecule has 4 aromatic rings. The molecular formula is C26H22N4O2. The highest BCUT2D eigenvalue weighted by atomic mass is 16.5. The Labute approximate surface area is 186 Å². The van der Waals surface area contributed by atoms with Crippen molar-refractivity contribution in [1.82, 2.24) is 10.3 Å². The largest absolute Gasteiger partial charge is 0.457 e. The van der Waals surface area contributed by atoms with Crippen molar-refractivity contribution in [2.24, 2.45) is 4.99 Å². The van der Waals surface area contributed by atoms with Crippen LogP contribution in [0.15, 0.2) is 84.0 Å². The fourth-order valence-electron chi connectivity index (χ4n) is 3.67. The second-order valence-electron chi connectivity index (χ2n) is 7.68. The Morgan fingerprint density at radius 2 is 1.84 bits per heavy atom. The minimum Gasteiger partial charge on any atom is -0.457 e. The number of amides is 1. The predicted molar refractivity (Wildman–Crippen MR) is 127 cm³/mol. The first kappa shape index (κ1) is 19.8. The number of carbonyl (C=O) groups is 1. The zero-order chi connectivity index (χ0) is 21.9. The number of carbonyl (C=O) groups excluding carboxylic acids is 1. The molecule has 0 fully saturated rings. The lowest BCUT2D eigenvalue weighted by Crippen LogP contribution is -2.20. The van der Waals surface area contributed by atoms with E-state index in [-0.39, 0.29) is 5.91 Å². The molecule has 0 atom stereocenters. The van der Waals surface area contributed by atoms with Crippen LogP contribution >= 0.6 is 0 Å². The molecule has 0 saturated heterocycles. The van der Waals surface area contributed by atoms with Gasteiger partial charge in [0, 0.05) is 30.1 Å². The third-order valence-corrected chi connectivity index (χ3v) is 5.23. The summed E-state index contributed by atoms with van der Waals surface area (Å²) < 4.78 is 6.07. The average Bonchev–Trinajstić information content (AvgIpc) is 3.34. The minimum absolute atomic E-state index is 0.146. The fourth-order valence-corrected chi connectivity index (χ4v) is 3.67. The first-order valence-electron chi connectivity index (χ1n) is 10.5. The molecule has 158 valence electrons. The number of fused-ring (bicyclic) bond motifs is 1. The highest BCUT2D eigenvalue weighted by molar-refractivity contribution is 6.06. The van der Waals surface area contributed by atoms with Crippen LogP contribution < -0.4 is 15.4 Å². The van der Waals surface area contributed by atoms with Crippen LogP contribution in [-0.2, 0) is 0 Å². The number of nitrogens with zero attached hydrogens (tertiary/aromatic N) is 2. The van der Waals surface area contributed by atoms with E-state index in [1.165, 1.54) is 0 Å². The second-order valence-corrected chi connectivity index (χ2v) is 7.68. The smallest absolute Gasteiger partial charge is 0.255 e. The number of aromatic nitrogens is 1. The van der Waals surface area contributed by atoms with Gasteiger partial charge in [0.05, 0.1) is 6.54 Å². The number of benzene rings is 3. The molecule has 1 amide bonds. The number of rotatable bonds is 5. The highest BCUT2D eigenvalue weighted by Gasteiger charge is 2.11. The van der Waals surface area contributed by atoms with Crippen LogP contribution in [0, 0.1) is 6.92 Å². The van der Waals surface area contributed by atoms with E-state index >= 15 is 0 Å². The van der Waals surface area contributed by atoms with Gasteiger partial charge < -0.3 is 15.4 Å². The van der Waals surface area contributed by atoms with Gasteiger partial charge in [0.25, 0.3) is 5.91 Å². The molecule has 2 heterocycles. The average molecular weight is 422 g/mol. The Hall–Kier alpha value is -4.19. The number of hydrogen-bond donors (Lipinski definition) is 2. The Kier molecular flexibility index (Phi) is 5.25. The number of aliphatic imine (C=N–C) groups is 1. The monoisotopic (exact) mass is 422 g/mol. The van der Waals surface area contributed by atoms with Gasteiger partial charge in [-0.3, -0.25) is 14.8 Å². The highest BCUT2D eigenvalue weighted by Crippen LogP contribution is 2.27. The molecule has 1 aliphatic rings. The molecule has 32 heavy (non-hydrogen) atoms. The summed E-state index contributed by atoms with van der Waals surface area (Å²) in [5.74, 6) is 2.01. The number of pyridine rings is 1. The molecule has 2 N–H and O–H groups in total. The van der Waals surface area contributed by atoms with Gasteiger partial charge in [-0.15, -0.1) is 0 Å². The van der Waals surface area contributed by atoms with Crippen LogP contribution in [0.25, 0.3) is 10.8 Å². The van der Waals surface area contributed by atoms with Gasteiger partial charge in [-0.1, -0.05) is 24.3 Å². The van der Waals surface area contributed by atoms with Crippen LogP contribution in [0.5, 0.6) is 11.5 Å². The Balaban J connectivity index is 1.37. The third kappa shape index (κ3) is 4.30. The van der Waals surface area contributed by atoms with Crippen LogP contribution in [0.3, 0.4) is 0 Å². The van der Waals surface area contributed by atoms with E-state index in [2.05, 4.69) is 20.6 Å². The number of anilines is 1. The normalized spacial score (nSPS) is 12.8. The molecule has 0 spiro atoms. The second kappa shape index (κ2) is 8.51. The maximum absolute atomic E-state index is 12.7. The fraction of sp³-hybridized carbons (Fsp3) is 0.115. The van der Waals surface area contributed by atoms with E-state index in [9.17, 15) is 4.79 Å². The van der Waals surface area contributed by atoms with Crippen molar-refractivity contribution < 1.29 is 9.53 Å². The summed E-state index contributed by atoms with van der Waals surface area (Å²) >= 11 is 0. The van der Waals surface area contributed by atoms with E-state index in [4.69, 9.17) is 4.74 Å². The van der Waals surface area contributed by atoms with Crippen molar-refractivity contribution in [2.45, 2.75) is 6.92 Å². The molecule has 3 aromatic carbocycles. The van der Waals surface area contributed by atoms with Gasteiger partial charge >= 0.3 is 0 Å². The molecule has 6 heteroatoms. The molecule has 0 radical (unpaired) electrons. The topological polar surface area (TPSA) is 75.6 Å². The summed E-state index contributed by atoms with van der Waals surface area (Å²) in [6.07, 6.45) is 1.71. The Bertz CT molecular complexity index is 1350.